The maximum atomic E-state index is 6.07. The Morgan fingerprint density at radius 3 is 2.55 bits per heavy atom. The smallest absolute Gasteiger partial charge is 0.166 e. The van der Waals surface area contributed by atoms with Gasteiger partial charge in [0.15, 0.2) is 11.5 Å². The van der Waals surface area contributed by atoms with Gasteiger partial charge in [-0.25, -0.2) is 0 Å². The first kappa shape index (κ1) is 14.9. The molecule has 3 nitrogen and oxygen atoms in total. The minimum absolute atomic E-state index is 0.553. The summed E-state index contributed by atoms with van der Waals surface area (Å²) in [7, 11) is 1.69. The highest BCUT2D eigenvalue weighted by Crippen LogP contribution is 2.32. The van der Waals surface area contributed by atoms with Gasteiger partial charge in [-0.1, -0.05) is 42.0 Å². The minimum Gasteiger partial charge on any atom is -0.493 e. The van der Waals surface area contributed by atoms with Crippen LogP contribution >= 0.6 is 0 Å². The number of rotatable bonds is 7. The van der Waals surface area contributed by atoms with Crippen LogP contribution < -0.4 is 14.8 Å². The number of benzene rings is 2. The quantitative estimate of drug-likeness (QED) is 0.842. The molecule has 3 heteroatoms. The molecule has 0 radical (unpaired) electrons. The van der Waals surface area contributed by atoms with Gasteiger partial charge in [-0.3, -0.25) is 0 Å². The first-order chi connectivity index (χ1) is 10.8. The highest BCUT2D eigenvalue weighted by atomic mass is 16.5. The molecule has 0 bridgehead atoms. The van der Waals surface area contributed by atoms with Crippen molar-refractivity contribution in [3.63, 3.8) is 0 Å². The third kappa shape index (κ3) is 3.80. The highest BCUT2D eigenvalue weighted by molar-refractivity contribution is 5.46. The van der Waals surface area contributed by atoms with Crippen LogP contribution in [0.5, 0.6) is 11.5 Å². The number of aryl methyl sites for hydroxylation is 1. The van der Waals surface area contributed by atoms with E-state index in [1.54, 1.807) is 7.11 Å². The molecule has 22 heavy (non-hydrogen) atoms. The summed E-state index contributed by atoms with van der Waals surface area (Å²) in [4.78, 5) is 0. The van der Waals surface area contributed by atoms with E-state index in [1.807, 2.05) is 12.1 Å². The third-order valence-corrected chi connectivity index (χ3v) is 3.94. The Hall–Kier alpha value is -2.00. The van der Waals surface area contributed by atoms with Crippen molar-refractivity contribution in [2.45, 2.75) is 39.0 Å². The van der Waals surface area contributed by atoms with Gasteiger partial charge in [-0.2, -0.15) is 0 Å². The van der Waals surface area contributed by atoms with Gasteiger partial charge < -0.3 is 14.8 Å². The number of methoxy groups -OCH3 is 1. The van der Waals surface area contributed by atoms with Crippen LogP contribution in [0.25, 0.3) is 0 Å². The van der Waals surface area contributed by atoms with E-state index >= 15 is 0 Å². The lowest BCUT2D eigenvalue weighted by Gasteiger charge is -2.15. The Morgan fingerprint density at radius 1 is 1.09 bits per heavy atom. The van der Waals surface area contributed by atoms with Crippen molar-refractivity contribution in [3.05, 3.63) is 59.2 Å². The van der Waals surface area contributed by atoms with E-state index in [-0.39, 0.29) is 0 Å². The predicted octanol–water partition coefficient (Wildman–Crippen LogP) is 3.83. The van der Waals surface area contributed by atoms with E-state index in [4.69, 9.17) is 9.47 Å². The summed E-state index contributed by atoms with van der Waals surface area (Å²) in [6, 6.07) is 15.2. The van der Waals surface area contributed by atoms with Crippen molar-refractivity contribution in [1.82, 2.24) is 5.32 Å². The molecule has 1 fully saturated rings. The third-order valence-electron chi connectivity index (χ3n) is 3.94. The zero-order valence-corrected chi connectivity index (χ0v) is 13.3. The van der Waals surface area contributed by atoms with Crippen LogP contribution in [0.2, 0.25) is 0 Å². The summed E-state index contributed by atoms with van der Waals surface area (Å²) in [5, 5.41) is 3.53. The summed E-state index contributed by atoms with van der Waals surface area (Å²) in [6.45, 7) is 3.47. The molecule has 116 valence electrons. The van der Waals surface area contributed by atoms with Crippen molar-refractivity contribution in [2.24, 2.45) is 0 Å². The molecular weight excluding hydrogens is 274 g/mol. The van der Waals surface area contributed by atoms with Gasteiger partial charge in [0.2, 0.25) is 0 Å². The van der Waals surface area contributed by atoms with Crippen LogP contribution in [0.1, 0.15) is 29.5 Å². The predicted molar refractivity (Wildman–Crippen MR) is 88.4 cm³/mol. The lowest BCUT2D eigenvalue weighted by molar-refractivity contribution is 0.280. The monoisotopic (exact) mass is 297 g/mol. The molecule has 0 atom stereocenters. The Kier molecular flexibility index (Phi) is 4.64. The molecule has 1 aliphatic rings. The average Bonchev–Trinajstić information content (AvgIpc) is 3.37. The molecular formula is C19H23NO2. The summed E-state index contributed by atoms with van der Waals surface area (Å²) in [5.41, 5.74) is 3.58. The topological polar surface area (TPSA) is 30.5 Å². The van der Waals surface area contributed by atoms with Gasteiger partial charge in [0.25, 0.3) is 0 Å². The first-order valence-corrected chi connectivity index (χ1v) is 7.84. The second kappa shape index (κ2) is 6.84. The molecule has 1 N–H and O–H groups in total. The molecule has 0 aliphatic heterocycles. The molecule has 1 aliphatic carbocycles. The summed E-state index contributed by atoms with van der Waals surface area (Å²) < 4.78 is 11.5. The Morgan fingerprint density at radius 2 is 1.86 bits per heavy atom. The van der Waals surface area contributed by atoms with Crippen LogP contribution in [-0.4, -0.2) is 13.2 Å². The van der Waals surface area contributed by atoms with Crippen molar-refractivity contribution in [3.8, 4) is 11.5 Å². The van der Waals surface area contributed by atoms with Gasteiger partial charge in [0.05, 0.1) is 7.11 Å². The van der Waals surface area contributed by atoms with Crippen LogP contribution in [0.3, 0.4) is 0 Å². The number of hydrogen-bond acceptors (Lipinski definition) is 3. The van der Waals surface area contributed by atoms with Crippen molar-refractivity contribution in [1.29, 1.82) is 0 Å². The van der Waals surface area contributed by atoms with Crippen LogP contribution in [0, 0.1) is 6.92 Å². The maximum Gasteiger partial charge on any atom is 0.166 e. The van der Waals surface area contributed by atoms with E-state index in [0.29, 0.717) is 12.6 Å². The molecule has 0 amide bonds. The number of para-hydroxylation sites is 1. The van der Waals surface area contributed by atoms with Crippen molar-refractivity contribution in [2.75, 3.05) is 7.11 Å². The van der Waals surface area contributed by atoms with Gasteiger partial charge in [-0.15, -0.1) is 0 Å². The molecule has 2 aromatic carbocycles. The number of hydrogen-bond donors (Lipinski definition) is 1. The standard InChI is InChI=1S/C19H23NO2/c1-14-6-8-15(9-7-14)13-22-19-16(12-20-17-10-11-17)4-3-5-18(19)21-2/h3-9,17,20H,10-13H2,1-2H3. The molecule has 1 saturated carbocycles. The molecule has 3 rings (SSSR count). The van der Waals surface area contributed by atoms with Crippen molar-refractivity contribution >= 4 is 0 Å². The van der Waals surface area contributed by atoms with Gasteiger partial charge in [0.1, 0.15) is 6.61 Å². The van der Waals surface area contributed by atoms with E-state index in [9.17, 15) is 0 Å². The fourth-order valence-electron chi connectivity index (χ4n) is 2.41. The van der Waals surface area contributed by atoms with E-state index < -0.39 is 0 Å². The SMILES string of the molecule is COc1cccc(CNC2CC2)c1OCc1ccc(C)cc1. The zero-order chi connectivity index (χ0) is 15.4. The van der Waals surface area contributed by atoms with E-state index in [2.05, 4.69) is 42.6 Å². The lowest BCUT2D eigenvalue weighted by atomic mass is 10.1. The van der Waals surface area contributed by atoms with Gasteiger partial charge in [0, 0.05) is 18.2 Å². The normalized spacial score (nSPS) is 13.9. The second-order valence-corrected chi connectivity index (χ2v) is 5.88. The van der Waals surface area contributed by atoms with E-state index in [1.165, 1.54) is 18.4 Å². The summed E-state index contributed by atoms with van der Waals surface area (Å²) in [5.74, 6) is 1.64. The molecule has 0 saturated heterocycles. The molecule has 0 unspecified atom stereocenters. The Bertz CT molecular complexity index is 618. The maximum absolute atomic E-state index is 6.07. The molecule has 0 heterocycles. The van der Waals surface area contributed by atoms with Crippen LogP contribution in [-0.2, 0) is 13.2 Å². The fraction of sp³-hybridized carbons (Fsp3) is 0.368. The van der Waals surface area contributed by atoms with Gasteiger partial charge in [-0.05, 0) is 31.4 Å². The van der Waals surface area contributed by atoms with Crippen molar-refractivity contribution < 1.29 is 9.47 Å². The van der Waals surface area contributed by atoms with Crippen LogP contribution in [0.4, 0.5) is 0 Å². The Balaban J connectivity index is 1.72. The Labute approximate surface area is 132 Å². The van der Waals surface area contributed by atoms with E-state index in [0.717, 1.165) is 29.2 Å². The first-order valence-electron chi connectivity index (χ1n) is 7.84. The highest BCUT2D eigenvalue weighted by Gasteiger charge is 2.21. The molecule has 2 aromatic rings. The molecule has 0 aromatic heterocycles. The molecule has 0 spiro atoms. The zero-order valence-electron chi connectivity index (χ0n) is 13.3. The number of nitrogens with one attached hydrogen (secondary N) is 1. The summed E-state index contributed by atoms with van der Waals surface area (Å²) >= 11 is 0. The lowest BCUT2D eigenvalue weighted by Crippen LogP contribution is -2.16. The van der Waals surface area contributed by atoms with Gasteiger partial charge >= 0.3 is 0 Å². The van der Waals surface area contributed by atoms with Crippen LogP contribution in [0.15, 0.2) is 42.5 Å². The fourth-order valence-corrected chi connectivity index (χ4v) is 2.41. The number of ether oxygens (including phenoxy) is 2. The minimum atomic E-state index is 0.553. The summed E-state index contributed by atoms with van der Waals surface area (Å²) in [6.07, 6.45) is 2.56. The second-order valence-electron chi connectivity index (χ2n) is 5.88. The largest absolute Gasteiger partial charge is 0.493 e. The average molecular weight is 297 g/mol.